The average Bonchev–Trinajstić information content (AvgIpc) is 3.15. The minimum atomic E-state index is -1.34. The Kier molecular flexibility index (Phi) is 9.38. The van der Waals surface area contributed by atoms with Gasteiger partial charge in [0.1, 0.15) is 16.5 Å². The van der Waals surface area contributed by atoms with Gasteiger partial charge in [-0.3, -0.25) is 14.2 Å². The number of nitrogens with zero attached hydrogens (tertiary/aromatic N) is 2. The summed E-state index contributed by atoms with van der Waals surface area (Å²) >= 11 is 1.04. The summed E-state index contributed by atoms with van der Waals surface area (Å²) in [5.41, 5.74) is 0.360. The van der Waals surface area contributed by atoms with Gasteiger partial charge in [0.2, 0.25) is 0 Å². The second-order valence-electron chi connectivity index (χ2n) is 8.23. The Morgan fingerprint density at radius 2 is 1.89 bits per heavy atom. The number of methoxy groups -OCH3 is 1. The molecule has 0 radical (unpaired) electrons. The van der Waals surface area contributed by atoms with Gasteiger partial charge >= 0.3 is 0 Å². The van der Waals surface area contributed by atoms with Crippen molar-refractivity contribution in [3.63, 3.8) is 0 Å². The van der Waals surface area contributed by atoms with E-state index in [2.05, 4.69) is 5.32 Å². The lowest BCUT2D eigenvalue weighted by Gasteiger charge is -2.11. The highest BCUT2D eigenvalue weighted by Gasteiger charge is 2.17. The lowest BCUT2D eigenvalue weighted by atomic mass is 10.2. The van der Waals surface area contributed by atoms with Crippen molar-refractivity contribution < 1.29 is 24.2 Å². The monoisotopic (exact) mass is 520 g/mol. The molecule has 3 aromatic rings. The Balaban J connectivity index is 2.12. The normalized spacial score (nSPS) is 12.2. The van der Waals surface area contributed by atoms with Crippen molar-refractivity contribution in [1.29, 1.82) is 5.26 Å². The third kappa shape index (κ3) is 6.94. The first-order chi connectivity index (χ1) is 17.7. The van der Waals surface area contributed by atoms with Gasteiger partial charge in [0.05, 0.1) is 16.6 Å². The fourth-order valence-electron chi connectivity index (χ4n) is 3.46. The van der Waals surface area contributed by atoms with E-state index in [0.29, 0.717) is 34.6 Å². The summed E-state index contributed by atoms with van der Waals surface area (Å²) in [5.74, 6) is -1.45. The smallest absolute Gasteiger partial charge is 0.269 e. The van der Waals surface area contributed by atoms with E-state index in [1.807, 2.05) is 44.2 Å². The first-order valence-electron chi connectivity index (χ1n) is 11.5. The Hall–Kier alpha value is -4.20. The van der Waals surface area contributed by atoms with Gasteiger partial charge in [-0.1, -0.05) is 30.3 Å². The first-order valence-corrected chi connectivity index (χ1v) is 12.3. The lowest BCUT2D eigenvalue weighted by Crippen LogP contribution is -2.34. The van der Waals surface area contributed by atoms with E-state index in [4.69, 9.17) is 9.47 Å². The molecule has 0 aliphatic carbocycles. The molecule has 192 valence electrons. The zero-order chi connectivity index (χ0) is 26.9. The fourth-order valence-corrected chi connectivity index (χ4v) is 4.57. The summed E-state index contributed by atoms with van der Waals surface area (Å²) in [6.07, 6.45) is 2.12. The van der Waals surface area contributed by atoms with Gasteiger partial charge < -0.3 is 24.7 Å². The van der Waals surface area contributed by atoms with Gasteiger partial charge in [0.15, 0.2) is 5.57 Å². The number of nitriles is 1. The van der Waals surface area contributed by atoms with Crippen molar-refractivity contribution in [1.82, 2.24) is 4.57 Å². The van der Waals surface area contributed by atoms with Crippen LogP contribution in [0.2, 0.25) is 0 Å². The molecule has 1 N–H and O–H groups in total. The van der Waals surface area contributed by atoms with Gasteiger partial charge in [-0.2, -0.15) is 5.26 Å². The number of aromatic carboxylic acids is 1. The third-order valence-corrected chi connectivity index (χ3v) is 6.27. The predicted molar refractivity (Wildman–Crippen MR) is 139 cm³/mol. The van der Waals surface area contributed by atoms with Crippen LogP contribution in [-0.2, 0) is 16.1 Å². The maximum Gasteiger partial charge on any atom is 0.269 e. The van der Waals surface area contributed by atoms with Crippen LogP contribution in [0.3, 0.4) is 0 Å². The van der Waals surface area contributed by atoms with E-state index in [1.54, 1.807) is 13.2 Å². The molecular formula is C27H26N3O6S-. The van der Waals surface area contributed by atoms with Crippen LogP contribution >= 0.6 is 11.3 Å². The van der Waals surface area contributed by atoms with Gasteiger partial charge in [0.25, 0.3) is 11.5 Å². The van der Waals surface area contributed by atoms with Crippen LogP contribution in [0.5, 0.6) is 5.75 Å². The Morgan fingerprint density at radius 1 is 1.19 bits per heavy atom. The second-order valence-corrected chi connectivity index (χ2v) is 9.26. The zero-order valence-corrected chi connectivity index (χ0v) is 21.5. The SMILES string of the molecule is COCCCn1c(=O)/c(=C/c2ccccc2OC(C)C)s/c1=C(\C#N)C(=O)Nc1ccc(C(=O)[O-])cc1. The number of carboxylic acid groups (broad SMARTS) is 1. The first kappa shape index (κ1) is 27.4. The van der Waals surface area contributed by atoms with Crippen molar-refractivity contribution in [3.8, 4) is 11.8 Å². The molecular weight excluding hydrogens is 494 g/mol. The molecule has 10 heteroatoms. The maximum absolute atomic E-state index is 13.4. The van der Waals surface area contributed by atoms with E-state index in [1.165, 1.54) is 28.8 Å². The summed E-state index contributed by atoms with van der Waals surface area (Å²) in [5, 5.41) is 23.4. The maximum atomic E-state index is 13.4. The van der Waals surface area contributed by atoms with Gasteiger partial charge in [-0.05, 0) is 50.1 Å². The Bertz CT molecular complexity index is 1500. The van der Waals surface area contributed by atoms with Crippen molar-refractivity contribution in [2.45, 2.75) is 32.9 Å². The summed E-state index contributed by atoms with van der Waals surface area (Å²) in [4.78, 5) is 37.4. The number of carbonyl (C=O) groups is 2. The highest BCUT2D eigenvalue weighted by molar-refractivity contribution is 7.07. The van der Waals surface area contributed by atoms with Crippen LogP contribution in [-0.4, -0.2) is 36.3 Å². The minimum absolute atomic E-state index is 0.0466. The number of amides is 1. The molecule has 0 aliphatic rings. The molecule has 0 atom stereocenters. The number of rotatable bonds is 10. The summed E-state index contributed by atoms with van der Waals surface area (Å²) in [6, 6.07) is 14.6. The Morgan fingerprint density at radius 3 is 2.51 bits per heavy atom. The molecule has 1 aromatic heterocycles. The summed E-state index contributed by atoms with van der Waals surface area (Å²) < 4.78 is 12.9. The molecule has 9 nitrogen and oxygen atoms in total. The summed E-state index contributed by atoms with van der Waals surface area (Å²) in [6.45, 7) is 4.45. The molecule has 0 spiro atoms. The zero-order valence-electron chi connectivity index (χ0n) is 20.6. The molecule has 3 rings (SSSR count). The topological polar surface area (TPSA) is 133 Å². The number of hydrogen-bond acceptors (Lipinski definition) is 8. The number of aromatic nitrogens is 1. The molecule has 2 aromatic carbocycles. The van der Waals surface area contributed by atoms with Crippen molar-refractivity contribution in [2.24, 2.45) is 0 Å². The highest BCUT2D eigenvalue weighted by atomic mass is 32.1. The second kappa shape index (κ2) is 12.7. The van der Waals surface area contributed by atoms with Gasteiger partial charge in [0, 0.05) is 31.5 Å². The summed E-state index contributed by atoms with van der Waals surface area (Å²) in [7, 11) is 1.55. The van der Waals surface area contributed by atoms with Crippen molar-refractivity contribution in [2.75, 3.05) is 19.0 Å². The van der Waals surface area contributed by atoms with E-state index in [-0.39, 0.29) is 34.0 Å². The largest absolute Gasteiger partial charge is 0.545 e. The molecule has 0 aliphatic heterocycles. The number of hydrogen-bond donors (Lipinski definition) is 1. The van der Waals surface area contributed by atoms with Crippen LogP contribution < -0.4 is 29.9 Å². The van der Waals surface area contributed by atoms with Gasteiger partial charge in [-0.25, -0.2) is 0 Å². The Labute approximate surface area is 217 Å². The average molecular weight is 521 g/mol. The van der Waals surface area contributed by atoms with Crippen molar-refractivity contribution in [3.05, 3.63) is 79.2 Å². The van der Waals surface area contributed by atoms with Crippen LogP contribution in [0.15, 0.2) is 53.3 Å². The number of thiazole rings is 1. The third-order valence-electron chi connectivity index (χ3n) is 5.14. The molecule has 0 unspecified atom stereocenters. The molecule has 0 saturated carbocycles. The molecule has 37 heavy (non-hydrogen) atoms. The lowest BCUT2D eigenvalue weighted by molar-refractivity contribution is -0.255. The minimum Gasteiger partial charge on any atom is -0.545 e. The van der Waals surface area contributed by atoms with Crippen LogP contribution in [0, 0.1) is 11.3 Å². The number of carboxylic acids is 1. The predicted octanol–water partition coefficient (Wildman–Crippen LogP) is 1.24. The van der Waals surface area contributed by atoms with Crippen molar-refractivity contribution >= 4 is 40.5 Å². The van der Waals surface area contributed by atoms with E-state index in [9.17, 15) is 24.8 Å². The number of carbonyl (C=O) groups excluding carboxylic acids is 2. The highest BCUT2D eigenvalue weighted by Crippen LogP contribution is 2.20. The standard InChI is InChI=1S/C27H27N3O6S/c1-17(2)36-22-8-5-4-7-19(22)15-23-25(32)30(13-6-14-35-3)26(37-23)21(16-28)24(31)29-20-11-9-18(10-12-20)27(33)34/h4-5,7-12,15,17H,6,13-14H2,1-3H3,(H,29,31)(H,33,34)/p-1/b23-15-,26-21+. The van der Waals surface area contributed by atoms with Crippen LogP contribution in [0.4, 0.5) is 5.69 Å². The van der Waals surface area contributed by atoms with Crippen LogP contribution in [0.25, 0.3) is 11.6 Å². The number of ether oxygens (including phenoxy) is 2. The van der Waals surface area contributed by atoms with Gasteiger partial charge in [-0.15, -0.1) is 11.3 Å². The fraction of sp³-hybridized carbons (Fsp3) is 0.259. The van der Waals surface area contributed by atoms with Crippen LogP contribution in [0.1, 0.15) is 36.2 Å². The molecule has 1 amide bonds. The van der Waals surface area contributed by atoms with E-state index >= 15 is 0 Å². The molecule has 1 heterocycles. The molecule has 0 fully saturated rings. The van der Waals surface area contributed by atoms with E-state index < -0.39 is 11.9 Å². The molecule has 0 saturated heterocycles. The quantitative estimate of drug-likeness (QED) is 0.398. The number of nitrogens with one attached hydrogen (secondary N) is 1. The molecule has 0 bridgehead atoms. The number of anilines is 1. The van der Waals surface area contributed by atoms with E-state index in [0.717, 1.165) is 11.3 Å². The number of benzene rings is 2. The number of para-hydroxylation sites is 1.